The summed E-state index contributed by atoms with van der Waals surface area (Å²) in [5, 5.41) is 19.3. The van der Waals surface area contributed by atoms with Crippen LogP contribution in [0.1, 0.15) is 37.5 Å². The number of nitrogens with two attached hydrogens (primary N) is 1. The first kappa shape index (κ1) is 24.4. The Kier molecular flexibility index (Phi) is 6.95. The molecule has 4 atom stereocenters. The summed E-state index contributed by atoms with van der Waals surface area (Å²) in [6, 6.07) is 2.16. The van der Waals surface area contributed by atoms with Gasteiger partial charge in [0, 0.05) is 32.9 Å². The number of anilines is 1. The highest BCUT2D eigenvalue weighted by Crippen LogP contribution is 2.36. The molecule has 34 heavy (non-hydrogen) atoms. The zero-order valence-electron chi connectivity index (χ0n) is 18.2. The molecule has 0 amide bonds. The van der Waals surface area contributed by atoms with Crippen molar-refractivity contribution >= 4 is 29.7 Å². The Morgan fingerprint density at radius 3 is 2.18 bits per heavy atom. The molecule has 1 aliphatic rings. The van der Waals surface area contributed by atoms with Crippen molar-refractivity contribution < 1.29 is 53.2 Å². The average molecular weight is 482 g/mol. The predicted octanol–water partition coefficient (Wildman–Crippen LogP) is -0.729. The summed E-state index contributed by atoms with van der Waals surface area (Å²) < 4.78 is 22.9. The number of carbonyl (C=O) groups excluding carboxylic acids is 4. The first-order chi connectivity index (χ1) is 16.0. The van der Waals surface area contributed by atoms with Crippen molar-refractivity contribution in [3.63, 3.8) is 0 Å². The monoisotopic (exact) mass is 482 g/mol. The molecule has 2 aromatic heterocycles. The van der Waals surface area contributed by atoms with Gasteiger partial charge in [-0.15, -0.1) is 4.73 Å². The third-order valence-electron chi connectivity index (χ3n) is 4.61. The zero-order chi connectivity index (χ0) is 25.2. The third-order valence-corrected chi connectivity index (χ3v) is 4.61. The summed E-state index contributed by atoms with van der Waals surface area (Å²) in [6.07, 6.45) is -3.64. The van der Waals surface area contributed by atoms with E-state index in [1.54, 1.807) is 0 Å². The van der Waals surface area contributed by atoms with E-state index in [1.807, 2.05) is 0 Å². The van der Waals surface area contributed by atoms with E-state index in [1.165, 1.54) is 6.92 Å². The Bertz CT molecular complexity index is 1090. The highest BCUT2D eigenvalue weighted by molar-refractivity contribution is 5.92. The predicted molar refractivity (Wildman–Crippen MR) is 107 cm³/mol. The quantitative estimate of drug-likeness (QED) is 0.329. The van der Waals surface area contributed by atoms with Crippen molar-refractivity contribution in [3.8, 4) is 11.8 Å². The number of ether oxygens (including phenoxy) is 4. The van der Waals surface area contributed by atoms with E-state index < -0.39 is 65.9 Å². The lowest BCUT2D eigenvalue weighted by molar-refractivity contribution is -0.166. The number of hydrogen-bond donors (Lipinski definition) is 3. The maximum absolute atomic E-state index is 12.5. The van der Waals surface area contributed by atoms with E-state index in [9.17, 15) is 29.4 Å². The number of nitrogen functional groups attached to an aromatic ring is 1. The highest BCUT2D eigenvalue weighted by atomic mass is 16.7. The van der Waals surface area contributed by atoms with Gasteiger partial charge in [-0.1, -0.05) is 0 Å². The number of hydrogen-bond acceptors (Lipinski definition) is 13. The minimum Gasteiger partial charge on any atom is -0.492 e. The molecule has 1 fully saturated rings. The fraction of sp³-hybridized carbons (Fsp3) is 0.421. The topological polar surface area (TPSA) is 204 Å². The Hall–Kier alpha value is -4.27. The van der Waals surface area contributed by atoms with Gasteiger partial charge in [-0.25, -0.2) is 9.78 Å². The fourth-order valence-corrected chi connectivity index (χ4v) is 3.27. The molecule has 0 saturated carbocycles. The van der Waals surface area contributed by atoms with Gasteiger partial charge in [0.1, 0.15) is 18.5 Å². The lowest BCUT2D eigenvalue weighted by Crippen LogP contribution is -2.40. The zero-order valence-corrected chi connectivity index (χ0v) is 18.2. The van der Waals surface area contributed by atoms with E-state index in [0.29, 0.717) is 4.73 Å². The second-order valence-electron chi connectivity index (χ2n) is 7.12. The van der Waals surface area contributed by atoms with Crippen LogP contribution in [0.2, 0.25) is 0 Å². The standard InChI is InChI=1S/C19H22N4O11/c1-8(24)30-6-11-15(31-9(2)25)16(32-10(3)26)18(33-11)22-7-21-14(17(22)20)19(29)34-23-12(27)4-5-13(23)28/h4-5,7,11,15-16,18,27-28H,6,20H2,1-3H3/t11-,15-,16-,18-/m1/s1. The van der Waals surface area contributed by atoms with Gasteiger partial charge in [-0.2, -0.15) is 0 Å². The molecule has 0 unspecified atom stereocenters. The SMILES string of the molecule is CC(=O)OC[C@H]1O[C@@H](n2cnc(C(=O)On3c(O)ccc3O)c2N)[C@H](OC(C)=O)[C@@H]1OC(C)=O. The summed E-state index contributed by atoms with van der Waals surface area (Å²) in [4.78, 5) is 55.9. The highest BCUT2D eigenvalue weighted by Gasteiger charge is 2.51. The number of rotatable bonds is 7. The van der Waals surface area contributed by atoms with Crippen LogP contribution in [-0.4, -0.2) is 73.3 Å². The van der Waals surface area contributed by atoms with Crippen LogP contribution in [0.4, 0.5) is 5.82 Å². The van der Waals surface area contributed by atoms with Crippen molar-refractivity contribution in [2.24, 2.45) is 0 Å². The van der Waals surface area contributed by atoms with E-state index in [4.69, 9.17) is 29.5 Å². The molecule has 3 rings (SSSR count). The molecule has 1 aliphatic heterocycles. The molecule has 0 bridgehead atoms. The molecule has 15 nitrogen and oxygen atoms in total. The third kappa shape index (κ3) is 5.03. The summed E-state index contributed by atoms with van der Waals surface area (Å²) >= 11 is 0. The van der Waals surface area contributed by atoms with Gasteiger partial charge in [0.2, 0.25) is 11.8 Å². The maximum Gasteiger partial charge on any atom is 0.385 e. The van der Waals surface area contributed by atoms with Crippen molar-refractivity contribution in [2.75, 3.05) is 12.3 Å². The minimum absolute atomic E-state index is 0.298. The Labute approximate surface area is 191 Å². The normalized spacial score (nSPS) is 21.6. The van der Waals surface area contributed by atoms with Crippen LogP contribution in [0, 0.1) is 0 Å². The number of imidazole rings is 1. The largest absolute Gasteiger partial charge is 0.492 e. The molecule has 4 N–H and O–H groups in total. The van der Waals surface area contributed by atoms with E-state index in [0.717, 1.165) is 36.9 Å². The van der Waals surface area contributed by atoms with Gasteiger partial charge in [0.25, 0.3) is 0 Å². The second kappa shape index (κ2) is 9.70. The summed E-state index contributed by atoms with van der Waals surface area (Å²) in [5.74, 6) is -4.64. The molecule has 184 valence electrons. The summed E-state index contributed by atoms with van der Waals surface area (Å²) in [7, 11) is 0. The van der Waals surface area contributed by atoms with Crippen LogP contribution in [-0.2, 0) is 33.3 Å². The molecule has 0 aliphatic carbocycles. The summed E-state index contributed by atoms with van der Waals surface area (Å²) in [5.41, 5.74) is 5.62. The van der Waals surface area contributed by atoms with Crippen LogP contribution in [0.25, 0.3) is 0 Å². The van der Waals surface area contributed by atoms with Gasteiger partial charge in [0.05, 0.1) is 6.33 Å². The van der Waals surface area contributed by atoms with Gasteiger partial charge in [-0.3, -0.25) is 19.0 Å². The Morgan fingerprint density at radius 1 is 1.03 bits per heavy atom. The number of aromatic nitrogens is 3. The van der Waals surface area contributed by atoms with Crippen molar-refractivity contribution in [1.29, 1.82) is 0 Å². The minimum atomic E-state index is -1.25. The van der Waals surface area contributed by atoms with Crippen molar-refractivity contribution in [1.82, 2.24) is 14.3 Å². The number of esters is 3. The van der Waals surface area contributed by atoms with E-state index in [2.05, 4.69) is 4.98 Å². The van der Waals surface area contributed by atoms with Crippen LogP contribution < -0.4 is 10.6 Å². The van der Waals surface area contributed by atoms with Gasteiger partial charge >= 0.3 is 23.9 Å². The molecule has 0 aromatic carbocycles. The van der Waals surface area contributed by atoms with E-state index in [-0.39, 0.29) is 12.4 Å². The number of aromatic hydroxyl groups is 2. The molecule has 3 heterocycles. The molecule has 15 heteroatoms. The summed E-state index contributed by atoms with van der Waals surface area (Å²) in [6.45, 7) is 3.09. The van der Waals surface area contributed by atoms with Crippen LogP contribution in [0.5, 0.6) is 11.8 Å². The Balaban J connectivity index is 1.92. The molecular weight excluding hydrogens is 460 g/mol. The average Bonchev–Trinajstić information content (AvgIpc) is 3.37. The first-order valence-corrected chi connectivity index (χ1v) is 9.77. The number of nitrogens with zero attached hydrogens (tertiary/aromatic N) is 3. The van der Waals surface area contributed by atoms with Crippen molar-refractivity contribution in [3.05, 3.63) is 24.2 Å². The second-order valence-corrected chi connectivity index (χ2v) is 7.12. The van der Waals surface area contributed by atoms with Gasteiger partial charge < -0.3 is 39.7 Å². The van der Waals surface area contributed by atoms with Gasteiger partial charge in [-0.05, 0) is 0 Å². The van der Waals surface area contributed by atoms with Crippen LogP contribution in [0.3, 0.4) is 0 Å². The first-order valence-electron chi connectivity index (χ1n) is 9.77. The molecule has 2 aromatic rings. The molecule has 0 spiro atoms. The maximum atomic E-state index is 12.5. The number of carbonyl (C=O) groups is 4. The van der Waals surface area contributed by atoms with E-state index >= 15 is 0 Å². The van der Waals surface area contributed by atoms with Crippen molar-refractivity contribution in [2.45, 2.75) is 45.3 Å². The molecule has 0 radical (unpaired) electrons. The van der Waals surface area contributed by atoms with Crippen LogP contribution in [0.15, 0.2) is 18.5 Å². The fourth-order valence-electron chi connectivity index (χ4n) is 3.27. The lowest BCUT2D eigenvalue weighted by atomic mass is 10.1. The lowest BCUT2D eigenvalue weighted by Gasteiger charge is -2.24. The van der Waals surface area contributed by atoms with Gasteiger partial charge in [0.15, 0.2) is 24.1 Å². The van der Waals surface area contributed by atoms with Crippen LogP contribution >= 0.6 is 0 Å². The molecule has 1 saturated heterocycles. The Morgan fingerprint density at radius 2 is 1.62 bits per heavy atom. The smallest absolute Gasteiger partial charge is 0.385 e. The molecular formula is C19H22N4O11.